The van der Waals surface area contributed by atoms with Gasteiger partial charge in [0.15, 0.2) is 5.96 Å². The second-order valence-corrected chi connectivity index (χ2v) is 5.81. The number of hydrogen-bond donors (Lipinski definition) is 3. The molecule has 0 heterocycles. The van der Waals surface area contributed by atoms with E-state index < -0.39 is 0 Å². The highest BCUT2D eigenvalue weighted by Gasteiger charge is 2.03. The van der Waals surface area contributed by atoms with Crippen LogP contribution in [0.25, 0.3) is 0 Å². The molecule has 5 nitrogen and oxygen atoms in total. The van der Waals surface area contributed by atoms with E-state index in [2.05, 4.69) is 20.9 Å². The van der Waals surface area contributed by atoms with Gasteiger partial charge in [-0.25, -0.2) is 4.99 Å². The maximum Gasteiger partial charge on any atom is 0.251 e. The third kappa shape index (κ3) is 6.85. The summed E-state index contributed by atoms with van der Waals surface area (Å²) in [5.74, 6) is 0.636. The highest BCUT2D eigenvalue weighted by molar-refractivity contribution is 6.30. The van der Waals surface area contributed by atoms with Crippen molar-refractivity contribution < 1.29 is 4.79 Å². The van der Waals surface area contributed by atoms with Crippen LogP contribution in [0.15, 0.2) is 59.6 Å². The Balaban J connectivity index is 1.78. The Morgan fingerprint density at radius 1 is 0.960 bits per heavy atom. The fourth-order valence-corrected chi connectivity index (χ4v) is 2.28. The van der Waals surface area contributed by atoms with Gasteiger partial charge in [0, 0.05) is 30.2 Å². The topological polar surface area (TPSA) is 65.5 Å². The van der Waals surface area contributed by atoms with Crippen molar-refractivity contribution in [2.75, 3.05) is 19.6 Å². The molecule has 1 amide bonds. The van der Waals surface area contributed by atoms with E-state index in [0.29, 0.717) is 36.2 Å². The summed E-state index contributed by atoms with van der Waals surface area (Å²) in [6, 6.07) is 16.8. The average Bonchev–Trinajstić information content (AvgIpc) is 2.65. The zero-order valence-corrected chi connectivity index (χ0v) is 15.0. The third-order valence-corrected chi connectivity index (χ3v) is 3.67. The standard InChI is InChI=1S/C19H23ClN4O/c1-2-21-19(24-14-15-8-10-17(20)11-9-15)23-13-12-22-18(25)16-6-4-3-5-7-16/h3-11H,2,12-14H2,1H3,(H,22,25)(H2,21,23,24). The smallest absolute Gasteiger partial charge is 0.251 e. The number of amides is 1. The van der Waals surface area contributed by atoms with E-state index in [0.717, 1.165) is 12.1 Å². The zero-order valence-electron chi connectivity index (χ0n) is 14.3. The van der Waals surface area contributed by atoms with Crippen LogP contribution in [-0.4, -0.2) is 31.5 Å². The van der Waals surface area contributed by atoms with Crippen LogP contribution in [-0.2, 0) is 6.54 Å². The molecule has 0 bridgehead atoms. The summed E-state index contributed by atoms with van der Waals surface area (Å²) < 4.78 is 0. The van der Waals surface area contributed by atoms with E-state index in [4.69, 9.17) is 11.6 Å². The summed E-state index contributed by atoms with van der Waals surface area (Å²) in [5, 5.41) is 9.98. The Morgan fingerprint density at radius 3 is 2.32 bits per heavy atom. The predicted octanol–water partition coefficient (Wildman–Crippen LogP) is 2.83. The Hall–Kier alpha value is -2.53. The van der Waals surface area contributed by atoms with Crippen molar-refractivity contribution in [2.24, 2.45) is 4.99 Å². The van der Waals surface area contributed by atoms with Gasteiger partial charge in [-0.1, -0.05) is 41.9 Å². The molecular weight excluding hydrogens is 336 g/mol. The average molecular weight is 359 g/mol. The third-order valence-electron chi connectivity index (χ3n) is 3.42. The molecule has 25 heavy (non-hydrogen) atoms. The Bertz CT molecular complexity index is 686. The normalized spacial score (nSPS) is 11.0. The lowest BCUT2D eigenvalue weighted by atomic mass is 10.2. The van der Waals surface area contributed by atoms with Gasteiger partial charge in [-0.05, 0) is 36.8 Å². The summed E-state index contributed by atoms with van der Waals surface area (Å²) in [6.45, 7) is 4.44. The first-order chi connectivity index (χ1) is 12.2. The van der Waals surface area contributed by atoms with Crippen molar-refractivity contribution in [3.63, 3.8) is 0 Å². The van der Waals surface area contributed by atoms with E-state index in [1.165, 1.54) is 0 Å². The van der Waals surface area contributed by atoms with Crippen LogP contribution < -0.4 is 16.0 Å². The molecule has 0 spiro atoms. The SMILES string of the molecule is CCNC(=NCc1ccc(Cl)cc1)NCCNC(=O)c1ccccc1. The molecule has 3 N–H and O–H groups in total. The summed E-state index contributed by atoms with van der Waals surface area (Å²) in [5.41, 5.74) is 1.74. The van der Waals surface area contributed by atoms with Gasteiger partial charge >= 0.3 is 0 Å². The fourth-order valence-electron chi connectivity index (χ4n) is 2.15. The van der Waals surface area contributed by atoms with Crippen LogP contribution in [0.2, 0.25) is 5.02 Å². The van der Waals surface area contributed by atoms with Crippen LogP contribution in [0, 0.1) is 0 Å². The molecule has 0 saturated carbocycles. The Morgan fingerprint density at radius 2 is 1.64 bits per heavy atom. The van der Waals surface area contributed by atoms with Gasteiger partial charge in [-0.3, -0.25) is 4.79 Å². The first-order valence-corrected chi connectivity index (χ1v) is 8.66. The molecular formula is C19H23ClN4O. The molecule has 0 aromatic heterocycles. The van der Waals surface area contributed by atoms with E-state index >= 15 is 0 Å². The van der Waals surface area contributed by atoms with E-state index in [-0.39, 0.29) is 5.91 Å². The maximum absolute atomic E-state index is 12.0. The highest BCUT2D eigenvalue weighted by atomic mass is 35.5. The Kier molecular flexibility index (Phi) is 7.79. The van der Waals surface area contributed by atoms with Gasteiger partial charge < -0.3 is 16.0 Å². The number of carbonyl (C=O) groups is 1. The van der Waals surface area contributed by atoms with E-state index in [1.807, 2.05) is 49.4 Å². The molecule has 0 unspecified atom stereocenters. The van der Waals surface area contributed by atoms with Gasteiger partial charge in [0.05, 0.1) is 6.54 Å². The van der Waals surface area contributed by atoms with Gasteiger partial charge in [0.1, 0.15) is 0 Å². The number of halogens is 1. The second-order valence-electron chi connectivity index (χ2n) is 5.37. The molecule has 2 aromatic carbocycles. The summed E-state index contributed by atoms with van der Waals surface area (Å²) >= 11 is 5.88. The van der Waals surface area contributed by atoms with Gasteiger partial charge in [0.25, 0.3) is 5.91 Å². The Labute approximate surface area is 153 Å². The van der Waals surface area contributed by atoms with Crippen molar-refractivity contribution in [2.45, 2.75) is 13.5 Å². The number of nitrogens with zero attached hydrogens (tertiary/aromatic N) is 1. The minimum Gasteiger partial charge on any atom is -0.357 e. The molecule has 0 atom stereocenters. The quantitative estimate of drug-likeness (QED) is 0.405. The lowest BCUT2D eigenvalue weighted by Gasteiger charge is -2.12. The largest absolute Gasteiger partial charge is 0.357 e. The van der Waals surface area contributed by atoms with Gasteiger partial charge in [0.2, 0.25) is 0 Å². The maximum atomic E-state index is 12.0. The van der Waals surface area contributed by atoms with Gasteiger partial charge in [-0.15, -0.1) is 0 Å². The number of hydrogen-bond acceptors (Lipinski definition) is 2. The van der Waals surface area contributed by atoms with Crippen LogP contribution in [0.4, 0.5) is 0 Å². The number of guanidine groups is 1. The lowest BCUT2D eigenvalue weighted by molar-refractivity contribution is 0.0954. The predicted molar refractivity (Wildman–Crippen MR) is 103 cm³/mol. The van der Waals surface area contributed by atoms with Gasteiger partial charge in [-0.2, -0.15) is 0 Å². The lowest BCUT2D eigenvalue weighted by Crippen LogP contribution is -2.41. The fraction of sp³-hybridized carbons (Fsp3) is 0.263. The molecule has 2 rings (SSSR count). The second kappa shape index (κ2) is 10.4. The van der Waals surface area contributed by atoms with Crippen LogP contribution in [0.5, 0.6) is 0 Å². The molecule has 0 fully saturated rings. The molecule has 132 valence electrons. The van der Waals surface area contributed by atoms with E-state index in [1.54, 1.807) is 12.1 Å². The van der Waals surface area contributed by atoms with Crippen molar-refractivity contribution in [1.29, 1.82) is 0 Å². The van der Waals surface area contributed by atoms with Crippen LogP contribution >= 0.6 is 11.6 Å². The number of benzene rings is 2. The number of nitrogens with one attached hydrogen (secondary N) is 3. The summed E-state index contributed by atoms with van der Waals surface area (Å²) in [6.07, 6.45) is 0. The molecule has 0 radical (unpaired) electrons. The van der Waals surface area contributed by atoms with Crippen molar-refractivity contribution in [3.8, 4) is 0 Å². The van der Waals surface area contributed by atoms with Crippen molar-refractivity contribution >= 4 is 23.5 Å². The number of carbonyl (C=O) groups excluding carboxylic acids is 1. The first-order valence-electron chi connectivity index (χ1n) is 8.29. The van der Waals surface area contributed by atoms with Crippen LogP contribution in [0.3, 0.4) is 0 Å². The van der Waals surface area contributed by atoms with Crippen LogP contribution in [0.1, 0.15) is 22.8 Å². The molecule has 0 aliphatic rings. The summed E-state index contributed by atoms with van der Waals surface area (Å²) in [7, 11) is 0. The monoisotopic (exact) mass is 358 g/mol. The molecule has 2 aromatic rings. The molecule has 0 aliphatic heterocycles. The van der Waals surface area contributed by atoms with E-state index in [9.17, 15) is 4.79 Å². The number of rotatable bonds is 7. The van der Waals surface area contributed by atoms with Crippen molar-refractivity contribution in [1.82, 2.24) is 16.0 Å². The minimum atomic E-state index is -0.0782. The molecule has 0 aliphatic carbocycles. The summed E-state index contributed by atoms with van der Waals surface area (Å²) in [4.78, 5) is 16.5. The van der Waals surface area contributed by atoms with Crippen molar-refractivity contribution in [3.05, 3.63) is 70.7 Å². The number of aliphatic imine (C=N–C) groups is 1. The highest BCUT2D eigenvalue weighted by Crippen LogP contribution is 2.10. The minimum absolute atomic E-state index is 0.0782. The zero-order chi connectivity index (χ0) is 17.9. The molecule has 6 heteroatoms. The molecule has 0 saturated heterocycles. The first kappa shape index (κ1) is 18.8.